The fourth-order valence-corrected chi connectivity index (χ4v) is 4.81. The Hall–Kier alpha value is -3.74. The molecule has 1 fully saturated rings. The minimum Gasteiger partial charge on any atom is -0.481 e. The number of rotatable bonds is 5. The van der Waals surface area contributed by atoms with Crippen LogP contribution < -0.4 is 4.90 Å². The Morgan fingerprint density at radius 2 is 1.69 bits per heavy atom. The average molecular weight is 473 g/mol. The number of halogens is 1. The van der Waals surface area contributed by atoms with E-state index in [-0.39, 0.29) is 17.7 Å². The van der Waals surface area contributed by atoms with Gasteiger partial charge in [0.25, 0.3) is 0 Å². The molecule has 6 nitrogen and oxygen atoms in total. The summed E-state index contributed by atoms with van der Waals surface area (Å²) in [7, 11) is 0. The summed E-state index contributed by atoms with van der Waals surface area (Å²) in [5.41, 5.74) is 5.67. The van der Waals surface area contributed by atoms with Crippen LogP contribution in [0.1, 0.15) is 37.9 Å². The van der Waals surface area contributed by atoms with E-state index in [9.17, 15) is 14.3 Å². The number of benzene rings is 2. The highest BCUT2D eigenvalue weighted by Crippen LogP contribution is 2.35. The molecule has 1 aliphatic heterocycles. The van der Waals surface area contributed by atoms with E-state index in [4.69, 9.17) is 10.1 Å². The molecule has 3 heterocycles. The van der Waals surface area contributed by atoms with Gasteiger partial charge < -0.3 is 10.0 Å². The van der Waals surface area contributed by atoms with Crippen molar-refractivity contribution in [1.82, 2.24) is 14.6 Å². The van der Waals surface area contributed by atoms with Gasteiger partial charge in [-0.1, -0.05) is 44.2 Å². The molecule has 4 aromatic rings. The van der Waals surface area contributed by atoms with Crippen molar-refractivity contribution in [1.29, 1.82) is 0 Å². The van der Waals surface area contributed by atoms with Gasteiger partial charge in [-0.05, 0) is 54.5 Å². The van der Waals surface area contributed by atoms with Crippen molar-refractivity contribution in [2.24, 2.45) is 5.41 Å². The van der Waals surface area contributed by atoms with Crippen molar-refractivity contribution in [2.45, 2.75) is 40.0 Å². The number of aryl methyl sites for hydroxylation is 1. The van der Waals surface area contributed by atoms with E-state index in [0.717, 1.165) is 54.1 Å². The SMILES string of the molecule is Cc1nc2cc(-c3cccc(-c4cccc(F)c4)c3)nn2c(N2CCC(C)(C)CC2)c1CC(=O)O. The monoisotopic (exact) mass is 472 g/mol. The molecule has 0 bridgehead atoms. The van der Waals surface area contributed by atoms with E-state index in [2.05, 4.69) is 18.7 Å². The molecule has 1 aliphatic rings. The lowest BCUT2D eigenvalue weighted by Crippen LogP contribution is -2.39. The first-order valence-corrected chi connectivity index (χ1v) is 11.9. The molecule has 7 heteroatoms. The van der Waals surface area contributed by atoms with Crippen molar-refractivity contribution in [3.05, 3.63) is 71.7 Å². The topological polar surface area (TPSA) is 70.7 Å². The number of carboxylic acids is 1. The predicted molar refractivity (Wildman–Crippen MR) is 135 cm³/mol. The van der Waals surface area contributed by atoms with Gasteiger partial charge in [-0.3, -0.25) is 4.79 Å². The zero-order valence-corrected chi connectivity index (χ0v) is 20.3. The number of fused-ring (bicyclic) bond motifs is 1. The van der Waals surface area contributed by atoms with Gasteiger partial charge >= 0.3 is 5.97 Å². The molecule has 2 aromatic carbocycles. The first kappa shape index (κ1) is 23.0. The van der Waals surface area contributed by atoms with Crippen LogP contribution in [0.3, 0.4) is 0 Å². The third kappa shape index (κ3) is 4.63. The summed E-state index contributed by atoms with van der Waals surface area (Å²) in [6, 6.07) is 16.3. The van der Waals surface area contributed by atoms with E-state index in [1.165, 1.54) is 12.1 Å². The lowest BCUT2D eigenvalue weighted by molar-refractivity contribution is -0.136. The zero-order chi connectivity index (χ0) is 24.7. The summed E-state index contributed by atoms with van der Waals surface area (Å²) >= 11 is 0. The number of nitrogens with zero attached hydrogens (tertiary/aromatic N) is 4. The molecule has 35 heavy (non-hydrogen) atoms. The highest BCUT2D eigenvalue weighted by molar-refractivity contribution is 5.76. The molecule has 0 unspecified atom stereocenters. The fraction of sp³-hybridized carbons (Fsp3) is 0.321. The third-order valence-electron chi connectivity index (χ3n) is 6.94. The van der Waals surface area contributed by atoms with Gasteiger partial charge in [0.2, 0.25) is 0 Å². The number of carboxylic acid groups (broad SMARTS) is 1. The van der Waals surface area contributed by atoms with Gasteiger partial charge in [-0.2, -0.15) is 9.61 Å². The Kier molecular flexibility index (Phi) is 5.79. The van der Waals surface area contributed by atoms with E-state index in [1.54, 1.807) is 10.6 Å². The molecule has 2 aromatic heterocycles. The maximum absolute atomic E-state index is 13.8. The van der Waals surface area contributed by atoms with Crippen LogP contribution in [0.4, 0.5) is 10.2 Å². The quantitative estimate of drug-likeness (QED) is 0.400. The number of aliphatic carboxylic acids is 1. The van der Waals surface area contributed by atoms with Crippen LogP contribution in [0.15, 0.2) is 54.6 Å². The third-order valence-corrected chi connectivity index (χ3v) is 6.94. The summed E-state index contributed by atoms with van der Waals surface area (Å²) in [5.74, 6) is -0.346. The summed E-state index contributed by atoms with van der Waals surface area (Å²) in [4.78, 5) is 18.7. The standard InChI is InChI=1S/C28H29FN4O2/c1-18-23(16-26(34)35)27(32-12-10-28(2,3)11-13-32)33-25(30-18)17-24(31-33)21-8-4-6-19(14-21)20-7-5-9-22(29)15-20/h4-9,14-15,17H,10-13,16H2,1-3H3,(H,34,35). The zero-order valence-electron chi connectivity index (χ0n) is 20.3. The first-order chi connectivity index (χ1) is 16.7. The van der Waals surface area contributed by atoms with Gasteiger partial charge in [0.1, 0.15) is 11.6 Å². The number of anilines is 1. The minimum atomic E-state index is -0.886. The van der Waals surface area contributed by atoms with Crippen LogP contribution in [0.2, 0.25) is 0 Å². The normalized spacial score (nSPS) is 15.5. The number of piperidine rings is 1. The van der Waals surface area contributed by atoms with Crippen LogP contribution >= 0.6 is 0 Å². The van der Waals surface area contributed by atoms with Crippen molar-refractivity contribution < 1.29 is 14.3 Å². The van der Waals surface area contributed by atoms with Gasteiger partial charge in [0.15, 0.2) is 5.65 Å². The van der Waals surface area contributed by atoms with E-state index in [1.807, 2.05) is 43.3 Å². The average Bonchev–Trinajstić information content (AvgIpc) is 3.23. The molecule has 0 amide bonds. The number of aromatic nitrogens is 3. The van der Waals surface area contributed by atoms with Crippen molar-refractivity contribution in [3.63, 3.8) is 0 Å². The number of hydrogen-bond acceptors (Lipinski definition) is 4. The second kappa shape index (κ2) is 8.80. The molecule has 0 saturated carbocycles. The van der Waals surface area contributed by atoms with Gasteiger partial charge in [0, 0.05) is 36.0 Å². The maximum Gasteiger partial charge on any atom is 0.308 e. The van der Waals surface area contributed by atoms with Gasteiger partial charge in [-0.15, -0.1) is 0 Å². The Morgan fingerprint density at radius 3 is 2.37 bits per heavy atom. The van der Waals surface area contributed by atoms with Crippen LogP contribution in [-0.2, 0) is 11.2 Å². The Balaban J connectivity index is 1.62. The molecular formula is C28H29FN4O2. The largest absolute Gasteiger partial charge is 0.481 e. The Labute approximate surface area is 204 Å². The van der Waals surface area contributed by atoms with E-state index >= 15 is 0 Å². The van der Waals surface area contributed by atoms with Crippen LogP contribution in [0, 0.1) is 18.2 Å². The summed E-state index contributed by atoms with van der Waals surface area (Å²) in [5, 5.41) is 14.5. The molecule has 180 valence electrons. The van der Waals surface area contributed by atoms with Crippen molar-refractivity contribution in [2.75, 3.05) is 18.0 Å². The van der Waals surface area contributed by atoms with Crippen LogP contribution in [0.5, 0.6) is 0 Å². The first-order valence-electron chi connectivity index (χ1n) is 11.9. The molecule has 0 radical (unpaired) electrons. The predicted octanol–water partition coefficient (Wildman–Crippen LogP) is 5.76. The highest BCUT2D eigenvalue weighted by Gasteiger charge is 2.29. The molecule has 0 atom stereocenters. The fourth-order valence-electron chi connectivity index (χ4n) is 4.81. The second-order valence-electron chi connectivity index (χ2n) is 10.1. The molecule has 5 rings (SSSR count). The number of carbonyl (C=O) groups is 1. The lowest BCUT2D eigenvalue weighted by Gasteiger charge is -2.38. The number of hydrogen-bond donors (Lipinski definition) is 1. The summed E-state index contributed by atoms with van der Waals surface area (Å²) in [6.45, 7) is 8.08. The molecule has 1 saturated heterocycles. The van der Waals surface area contributed by atoms with Crippen LogP contribution in [0.25, 0.3) is 28.0 Å². The summed E-state index contributed by atoms with van der Waals surface area (Å²) in [6.07, 6.45) is 1.94. The highest BCUT2D eigenvalue weighted by atomic mass is 19.1. The van der Waals surface area contributed by atoms with Crippen LogP contribution in [-0.4, -0.2) is 38.8 Å². The van der Waals surface area contributed by atoms with Gasteiger partial charge in [-0.25, -0.2) is 9.37 Å². The van der Waals surface area contributed by atoms with Gasteiger partial charge in [0.05, 0.1) is 12.1 Å². The molecular weight excluding hydrogens is 443 g/mol. The molecule has 1 N–H and O–H groups in total. The summed E-state index contributed by atoms with van der Waals surface area (Å²) < 4.78 is 15.6. The van der Waals surface area contributed by atoms with E-state index < -0.39 is 5.97 Å². The lowest BCUT2D eigenvalue weighted by atomic mass is 9.82. The van der Waals surface area contributed by atoms with Crippen molar-refractivity contribution >= 4 is 17.4 Å². The second-order valence-corrected chi connectivity index (χ2v) is 10.1. The smallest absolute Gasteiger partial charge is 0.308 e. The Morgan fingerprint density at radius 1 is 1.03 bits per heavy atom. The molecule has 0 spiro atoms. The molecule has 0 aliphatic carbocycles. The Bertz CT molecular complexity index is 1420. The minimum absolute atomic E-state index is 0.103. The maximum atomic E-state index is 13.8. The van der Waals surface area contributed by atoms with E-state index in [0.29, 0.717) is 16.9 Å². The van der Waals surface area contributed by atoms with Crippen molar-refractivity contribution in [3.8, 4) is 22.4 Å².